The Morgan fingerprint density at radius 3 is 2.34 bits per heavy atom. The summed E-state index contributed by atoms with van der Waals surface area (Å²) in [6.07, 6.45) is 8.60. The summed E-state index contributed by atoms with van der Waals surface area (Å²) in [5, 5.41) is 0.749. The van der Waals surface area contributed by atoms with E-state index in [1.54, 1.807) is 7.11 Å². The van der Waals surface area contributed by atoms with Crippen molar-refractivity contribution in [2.45, 2.75) is 67.0 Å². The van der Waals surface area contributed by atoms with Gasteiger partial charge in [-0.15, -0.1) is 0 Å². The number of amides is 1. The van der Waals surface area contributed by atoms with Gasteiger partial charge in [-0.05, 0) is 79.5 Å². The van der Waals surface area contributed by atoms with Crippen molar-refractivity contribution in [2.24, 2.45) is 17.8 Å². The molecule has 2 aliphatic heterocycles. The Morgan fingerprint density at radius 2 is 1.66 bits per heavy atom. The molecule has 6 rings (SSSR count). The second kappa shape index (κ2) is 9.77. The van der Waals surface area contributed by atoms with Crippen molar-refractivity contribution >= 4 is 45.8 Å². The fraction of sp³-hybridized carbons (Fsp3) is 0.552. The van der Waals surface area contributed by atoms with Gasteiger partial charge in [0.25, 0.3) is 0 Å². The summed E-state index contributed by atoms with van der Waals surface area (Å²) in [5.41, 5.74) is 2.38. The molecule has 35 heavy (non-hydrogen) atoms. The van der Waals surface area contributed by atoms with Crippen LogP contribution in [0.5, 0.6) is 5.75 Å². The molecule has 186 valence electrons. The standard InChI is InChI=1S/C29H34ClIN2O2/c1-35-23-14-7-18(8-15-23)27-26-25-19(17-32(29(26)34)21-5-3-2-4-6-21)9-16-24(31)28(25)33(27)22-12-10-20(30)11-13-22/h7-8,10-15,19,21,24-28H,2-6,9,16-17H2,1H3/t19-,24+,25-,26+,27+,28-/m0/s1. The van der Waals surface area contributed by atoms with Crippen LogP contribution in [0.3, 0.4) is 0 Å². The summed E-state index contributed by atoms with van der Waals surface area (Å²) in [6, 6.07) is 17.5. The van der Waals surface area contributed by atoms with Crippen LogP contribution in [0.15, 0.2) is 48.5 Å². The third kappa shape index (κ3) is 4.14. The van der Waals surface area contributed by atoms with Crippen molar-refractivity contribution < 1.29 is 9.53 Å². The zero-order valence-corrected chi connectivity index (χ0v) is 23.2. The number of anilines is 1. The van der Waals surface area contributed by atoms with Gasteiger partial charge in [-0.25, -0.2) is 0 Å². The van der Waals surface area contributed by atoms with Crippen molar-refractivity contribution in [1.29, 1.82) is 0 Å². The molecule has 2 aromatic rings. The van der Waals surface area contributed by atoms with E-state index in [9.17, 15) is 4.79 Å². The van der Waals surface area contributed by atoms with E-state index < -0.39 is 0 Å². The Morgan fingerprint density at radius 1 is 0.943 bits per heavy atom. The summed E-state index contributed by atoms with van der Waals surface area (Å²) in [6.45, 7) is 0.953. The van der Waals surface area contributed by atoms with E-state index in [0.29, 0.717) is 33.8 Å². The number of hydrogen-bond donors (Lipinski definition) is 0. The number of piperidine rings is 1. The van der Waals surface area contributed by atoms with Crippen LogP contribution in [0.2, 0.25) is 5.02 Å². The molecule has 0 aromatic heterocycles. The smallest absolute Gasteiger partial charge is 0.228 e. The summed E-state index contributed by atoms with van der Waals surface area (Å²) in [7, 11) is 1.71. The first-order chi connectivity index (χ1) is 17.1. The van der Waals surface area contributed by atoms with Gasteiger partial charge in [0.1, 0.15) is 5.75 Å². The molecule has 0 spiro atoms. The van der Waals surface area contributed by atoms with E-state index in [1.807, 2.05) is 24.3 Å². The van der Waals surface area contributed by atoms with E-state index in [0.717, 1.165) is 17.3 Å². The minimum atomic E-state index is -0.0117. The number of carbonyl (C=O) groups is 1. The normalized spacial score (nSPS) is 33.1. The highest BCUT2D eigenvalue weighted by Crippen LogP contribution is 2.58. The molecule has 0 N–H and O–H groups in total. The number of likely N-dealkylation sites (tertiary alicyclic amines) is 1. The average molecular weight is 605 g/mol. The number of benzene rings is 2. The zero-order valence-electron chi connectivity index (χ0n) is 20.3. The van der Waals surface area contributed by atoms with Gasteiger partial charge in [-0.3, -0.25) is 4.79 Å². The molecule has 0 radical (unpaired) electrons. The third-order valence-corrected chi connectivity index (χ3v) is 10.7. The summed E-state index contributed by atoms with van der Waals surface area (Å²) < 4.78 is 5.98. The van der Waals surface area contributed by atoms with Crippen LogP contribution in [-0.4, -0.2) is 40.5 Å². The Kier molecular flexibility index (Phi) is 6.67. The molecule has 2 saturated heterocycles. The molecular weight excluding hydrogens is 571 g/mol. The SMILES string of the molecule is COc1ccc([C@@H]2[C@@H]3C(=O)N(C4CCCCC4)C[C@@H]4CC[C@@H](I)[C@@H]([C@@H]43)N2c2ccc(Cl)cc2)cc1. The fourth-order valence-corrected chi connectivity index (χ4v) is 8.89. The van der Waals surface area contributed by atoms with E-state index in [4.69, 9.17) is 16.3 Å². The maximum absolute atomic E-state index is 14.4. The maximum atomic E-state index is 14.4. The molecular formula is C29H34ClIN2O2. The zero-order chi connectivity index (χ0) is 24.1. The number of rotatable bonds is 4. The monoisotopic (exact) mass is 604 g/mol. The van der Waals surface area contributed by atoms with Crippen LogP contribution in [0.4, 0.5) is 5.69 Å². The number of ether oxygens (including phenoxy) is 1. The van der Waals surface area contributed by atoms with Crippen LogP contribution >= 0.6 is 34.2 Å². The number of methoxy groups -OCH3 is 1. The quantitative estimate of drug-likeness (QED) is 0.281. The van der Waals surface area contributed by atoms with Crippen LogP contribution < -0.4 is 9.64 Å². The second-order valence-electron chi connectivity index (χ2n) is 10.8. The van der Waals surface area contributed by atoms with Gasteiger partial charge < -0.3 is 14.5 Å². The van der Waals surface area contributed by atoms with Crippen LogP contribution in [0.1, 0.15) is 56.6 Å². The van der Waals surface area contributed by atoms with Crippen molar-refractivity contribution in [2.75, 3.05) is 18.6 Å². The highest BCUT2D eigenvalue weighted by molar-refractivity contribution is 14.1. The topological polar surface area (TPSA) is 32.8 Å². The molecule has 2 heterocycles. The van der Waals surface area contributed by atoms with Gasteiger partial charge in [0.15, 0.2) is 0 Å². The lowest BCUT2D eigenvalue weighted by Gasteiger charge is -2.49. The minimum absolute atomic E-state index is 0.0117. The van der Waals surface area contributed by atoms with Crippen LogP contribution in [0, 0.1) is 17.8 Å². The predicted octanol–water partition coefficient (Wildman–Crippen LogP) is 6.90. The Labute approximate surface area is 227 Å². The van der Waals surface area contributed by atoms with E-state index in [2.05, 4.69) is 56.7 Å². The first-order valence-corrected chi connectivity index (χ1v) is 14.8. The Bertz CT molecular complexity index is 1060. The number of nitrogens with zero attached hydrogens (tertiary/aromatic N) is 2. The molecule has 2 aliphatic carbocycles. The van der Waals surface area contributed by atoms with Crippen LogP contribution in [-0.2, 0) is 4.79 Å². The Balaban J connectivity index is 1.47. The molecule has 6 atom stereocenters. The molecule has 2 aromatic carbocycles. The van der Waals surface area contributed by atoms with Crippen molar-refractivity contribution in [1.82, 2.24) is 4.90 Å². The molecule has 6 heteroatoms. The van der Waals surface area contributed by atoms with Gasteiger partial charge in [0, 0.05) is 33.3 Å². The summed E-state index contributed by atoms with van der Waals surface area (Å²) in [5.74, 6) is 2.20. The first-order valence-electron chi connectivity index (χ1n) is 13.2. The van der Waals surface area contributed by atoms with Crippen molar-refractivity contribution in [3.8, 4) is 5.75 Å². The number of carbonyl (C=O) groups excluding carboxylic acids is 1. The van der Waals surface area contributed by atoms with Gasteiger partial charge in [-0.2, -0.15) is 0 Å². The van der Waals surface area contributed by atoms with Gasteiger partial charge in [0.05, 0.1) is 19.1 Å². The first kappa shape index (κ1) is 23.9. The van der Waals surface area contributed by atoms with Gasteiger partial charge in [-0.1, -0.05) is 65.6 Å². The molecule has 1 amide bonds. The van der Waals surface area contributed by atoms with Crippen molar-refractivity contribution in [3.63, 3.8) is 0 Å². The lowest BCUT2D eigenvalue weighted by molar-refractivity contribution is -0.148. The highest BCUT2D eigenvalue weighted by atomic mass is 127. The van der Waals surface area contributed by atoms with Gasteiger partial charge in [0.2, 0.25) is 5.91 Å². The lowest BCUT2D eigenvalue weighted by Crippen LogP contribution is -2.57. The number of halogens is 2. The fourth-order valence-electron chi connectivity index (χ4n) is 7.57. The average Bonchev–Trinajstić information content (AvgIpc) is 3.26. The molecule has 4 fully saturated rings. The number of hydrogen-bond acceptors (Lipinski definition) is 3. The highest BCUT2D eigenvalue weighted by Gasteiger charge is 2.61. The summed E-state index contributed by atoms with van der Waals surface area (Å²) in [4.78, 5) is 19.4. The molecule has 0 unspecified atom stereocenters. The number of alkyl halides is 1. The van der Waals surface area contributed by atoms with E-state index >= 15 is 0 Å². The minimum Gasteiger partial charge on any atom is -0.497 e. The molecule has 4 nitrogen and oxygen atoms in total. The van der Waals surface area contributed by atoms with E-state index in [-0.39, 0.29) is 12.0 Å². The van der Waals surface area contributed by atoms with E-state index in [1.165, 1.54) is 56.2 Å². The Hall–Kier alpha value is -1.47. The predicted molar refractivity (Wildman–Crippen MR) is 150 cm³/mol. The third-order valence-electron chi connectivity index (χ3n) is 9.10. The summed E-state index contributed by atoms with van der Waals surface area (Å²) >= 11 is 8.96. The molecule has 2 saturated carbocycles. The maximum Gasteiger partial charge on any atom is 0.228 e. The van der Waals surface area contributed by atoms with Crippen molar-refractivity contribution in [3.05, 3.63) is 59.1 Å². The lowest BCUT2D eigenvalue weighted by atomic mass is 9.67. The van der Waals surface area contributed by atoms with Gasteiger partial charge >= 0.3 is 0 Å². The van der Waals surface area contributed by atoms with Crippen LogP contribution in [0.25, 0.3) is 0 Å². The second-order valence-corrected chi connectivity index (χ2v) is 12.9. The largest absolute Gasteiger partial charge is 0.497 e. The molecule has 0 bridgehead atoms. The molecule has 4 aliphatic rings.